The van der Waals surface area contributed by atoms with E-state index < -0.39 is 5.97 Å². The van der Waals surface area contributed by atoms with Crippen LogP contribution in [0.25, 0.3) is 0 Å². The van der Waals surface area contributed by atoms with Crippen molar-refractivity contribution in [2.45, 2.75) is 38.7 Å². The normalized spacial score (nSPS) is 15.6. The molecule has 2 heterocycles. The summed E-state index contributed by atoms with van der Waals surface area (Å²) in [5, 5.41) is 0. The van der Waals surface area contributed by atoms with Crippen LogP contribution in [0.3, 0.4) is 0 Å². The standard InChI is InChI=1S/C17H20N2O3/c1-2-14-8-9-15(18-11-14)13-22-17(21)12-19-10-6-4-3-5-7-16(19)20/h1,8-9,11H,3-7,10,12-13H2. The van der Waals surface area contributed by atoms with Gasteiger partial charge in [0.25, 0.3) is 0 Å². The van der Waals surface area contributed by atoms with E-state index in [2.05, 4.69) is 10.9 Å². The van der Waals surface area contributed by atoms with Gasteiger partial charge in [0.2, 0.25) is 5.91 Å². The highest BCUT2D eigenvalue weighted by Crippen LogP contribution is 2.11. The first-order valence-corrected chi connectivity index (χ1v) is 7.54. The van der Waals surface area contributed by atoms with Crippen molar-refractivity contribution < 1.29 is 14.3 Å². The molecular formula is C17H20N2O3. The smallest absolute Gasteiger partial charge is 0.326 e. The van der Waals surface area contributed by atoms with Crippen LogP contribution in [0.4, 0.5) is 0 Å². The number of likely N-dealkylation sites (tertiary alicyclic amines) is 1. The Morgan fingerprint density at radius 3 is 2.86 bits per heavy atom. The molecule has 22 heavy (non-hydrogen) atoms. The topological polar surface area (TPSA) is 59.5 Å². The van der Waals surface area contributed by atoms with E-state index in [1.165, 1.54) is 0 Å². The summed E-state index contributed by atoms with van der Waals surface area (Å²) >= 11 is 0. The molecule has 1 aliphatic heterocycles. The highest BCUT2D eigenvalue weighted by atomic mass is 16.5. The van der Waals surface area contributed by atoms with E-state index in [4.69, 9.17) is 11.2 Å². The molecule has 1 amide bonds. The first kappa shape index (κ1) is 16.0. The maximum atomic E-state index is 11.9. The quantitative estimate of drug-likeness (QED) is 0.629. The Hall–Kier alpha value is -2.35. The number of carbonyl (C=O) groups is 2. The first-order valence-electron chi connectivity index (χ1n) is 7.54. The molecule has 0 atom stereocenters. The van der Waals surface area contributed by atoms with Crippen molar-refractivity contribution in [2.24, 2.45) is 0 Å². The van der Waals surface area contributed by atoms with E-state index in [-0.39, 0.29) is 19.1 Å². The number of hydrogen-bond donors (Lipinski definition) is 0. The zero-order valence-corrected chi connectivity index (χ0v) is 12.6. The summed E-state index contributed by atoms with van der Waals surface area (Å²) in [6.45, 7) is 0.732. The van der Waals surface area contributed by atoms with Gasteiger partial charge in [-0.1, -0.05) is 18.8 Å². The lowest BCUT2D eigenvalue weighted by atomic mass is 10.1. The van der Waals surface area contributed by atoms with Crippen LogP contribution in [-0.4, -0.2) is 34.8 Å². The van der Waals surface area contributed by atoms with Crippen molar-refractivity contribution in [3.05, 3.63) is 29.6 Å². The molecule has 0 saturated carbocycles. The zero-order valence-electron chi connectivity index (χ0n) is 12.6. The molecule has 1 fully saturated rings. The van der Waals surface area contributed by atoms with Gasteiger partial charge in [0, 0.05) is 24.7 Å². The third-order valence-electron chi connectivity index (χ3n) is 3.61. The third kappa shape index (κ3) is 4.88. The molecule has 0 bridgehead atoms. The third-order valence-corrected chi connectivity index (χ3v) is 3.61. The number of ether oxygens (including phenoxy) is 1. The van der Waals surface area contributed by atoms with E-state index in [1.54, 1.807) is 23.2 Å². The van der Waals surface area contributed by atoms with Crippen LogP contribution in [-0.2, 0) is 20.9 Å². The summed E-state index contributed by atoms with van der Waals surface area (Å²) in [5.41, 5.74) is 1.31. The number of carbonyl (C=O) groups excluding carboxylic acids is 2. The van der Waals surface area contributed by atoms with Crippen molar-refractivity contribution >= 4 is 11.9 Å². The van der Waals surface area contributed by atoms with Crippen molar-refractivity contribution in [2.75, 3.05) is 13.1 Å². The highest BCUT2D eigenvalue weighted by molar-refractivity contribution is 5.82. The minimum absolute atomic E-state index is 0.0152. The van der Waals surface area contributed by atoms with Gasteiger partial charge in [-0.3, -0.25) is 14.6 Å². The molecule has 1 saturated heterocycles. The summed E-state index contributed by atoms with van der Waals surface area (Å²) in [5.74, 6) is 2.10. The predicted octanol–water partition coefficient (Wildman–Crippen LogP) is 1.90. The summed E-state index contributed by atoms with van der Waals surface area (Å²) in [7, 11) is 0. The summed E-state index contributed by atoms with van der Waals surface area (Å²) in [6.07, 6.45) is 11.4. The maximum absolute atomic E-state index is 11.9. The molecule has 1 aliphatic rings. The number of aromatic nitrogens is 1. The number of rotatable bonds is 4. The number of hydrogen-bond acceptors (Lipinski definition) is 4. The minimum Gasteiger partial charge on any atom is -0.458 e. The van der Waals surface area contributed by atoms with Gasteiger partial charge >= 0.3 is 5.97 Å². The highest BCUT2D eigenvalue weighted by Gasteiger charge is 2.19. The van der Waals surface area contributed by atoms with E-state index in [1.807, 2.05) is 0 Å². The fourth-order valence-electron chi connectivity index (χ4n) is 2.33. The van der Waals surface area contributed by atoms with Crippen molar-refractivity contribution in [1.82, 2.24) is 9.88 Å². The molecule has 0 aliphatic carbocycles. The lowest BCUT2D eigenvalue weighted by Gasteiger charge is -2.23. The van der Waals surface area contributed by atoms with Gasteiger partial charge in [-0.05, 0) is 25.0 Å². The van der Waals surface area contributed by atoms with Crippen LogP contribution in [0.5, 0.6) is 0 Å². The summed E-state index contributed by atoms with van der Waals surface area (Å²) in [4.78, 5) is 29.5. The number of amides is 1. The molecule has 5 heteroatoms. The van der Waals surface area contributed by atoms with Crippen LogP contribution < -0.4 is 0 Å². The Kier molecular flexibility index (Phi) is 5.96. The second-order valence-electron chi connectivity index (χ2n) is 5.32. The van der Waals surface area contributed by atoms with Crippen LogP contribution >= 0.6 is 0 Å². The van der Waals surface area contributed by atoms with Gasteiger partial charge in [-0.15, -0.1) is 6.42 Å². The van der Waals surface area contributed by atoms with Gasteiger partial charge in [0.05, 0.1) is 5.69 Å². The Morgan fingerprint density at radius 2 is 2.14 bits per heavy atom. The average Bonchev–Trinajstić information content (AvgIpc) is 2.53. The SMILES string of the molecule is C#Cc1ccc(COC(=O)CN2CCCCCCC2=O)nc1. The number of nitrogens with zero attached hydrogens (tertiary/aromatic N) is 2. The van der Waals surface area contributed by atoms with Gasteiger partial charge in [0.15, 0.2) is 0 Å². The number of esters is 1. The molecule has 5 nitrogen and oxygen atoms in total. The van der Waals surface area contributed by atoms with Crippen LogP contribution in [0, 0.1) is 12.3 Å². The minimum atomic E-state index is -0.406. The van der Waals surface area contributed by atoms with E-state index in [0.717, 1.165) is 25.7 Å². The monoisotopic (exact) mass is 300 g/mol. The molecule has 0 aromatic carbocycles. The Labute approximate surface area is 130 Å². The maximum Gasteiger partial charge on any atom is 0.326 e. The molecule has 116 valence electrons. The lowest BCUT2D eigenvalue weighted by Crippen LogP contribution is -2.37. The molecule has 0 spiro atoms. The zero-order chi connectivity index (χ0) is 15.8. The predicted molar refractivity (Wildman–Crippen MR) is 81.6 cm³/mol. The summed E-state index contributed by atoms with van der Waals surface area (Å²) < 4.78 is 5.18. The lowest BCUT2D eigenvalue weighted by molar-refractivity contribution is -0.150. The first-order chi connectivity index (χ1) is 10.7. The molecule has 0 N–H and O–H groups in total. The number of terminal acetylenes is 1. The second-order valence-corrected chi connectivity index (χ2v) is 5.32. The molecule has 1 aromatic rings. The molecular weight excluding hydrogens is 280 g/mol. The molecule has 1 aromatic heterocycles. The van der Waals surface area contributed by atoms with E-state index in [0.29, 0.717) is 24.2 Å². The van der Waals surface area contributed by atoms with E-state index >= 15 is 0 Å². The van der Waals surface area contributed by atoms with Crippen molar-refractivity contribution in [1.29, 1.82) is 0 Å². The molecule has 2 rings (SSSR count). The molecule has 0 unspecified atom stereocenters. The Bertz CT molecular complexity index is 560. The summed E-state index contributed by atoms with van der Waals surface area (Å²) in [6, 6.07) is 3.47. The number of pyridine rings is 1. The Balaban J connectivity index is 1.81. The van der Waals surface area contributed by atoms with Crippen LogP contribution in [0.2, 0.25) is 0 Å². The Morgan fingerprint density at radius 1 is 1.32 bits per heavy atom. The van der Waals surface area contributed by atoms with Crippen LogP contribution in [0.1, 0.15) is 43.4 Å². The van der Waals surface area contributed by atoms with Crippen LogP contribution in [0.15, 0.2) is 18.3 Å². The van der Waals surface area contributed by atoms with Gasteiger partial charge in [0.1, 0.15) is 13.2 Å². The fourth-order valence-corrected chi connectivity index (χ4v) is 2.33. The van der Waals surface area contributed by atoms with Gasteiger partial charge in [-0.2, -0.15) is 0 Å². The molecule has 0 radical (unpaired) electrons. The fraction of sp³-hybridized carbons (Fsp3) is 0.471. The van der Waals surface area contributed by atoms with Crippen molar-refractivity contribution in [3.8, 4) is 12.3 Å². The van der Waals surface area contributed by atoms with E-state index in [9.17, 15) is 9.59 Å². The van der Waals surface area contributed by atoms with Gasteiger partial charge < -0.3 is 9.64 Å². The van der Waals surface area contributed by atoms with Crippen molar-refractivity contribution in [3.63, 3.8) is 0 Å². The average molecular weight is 300 g/mol. The largest absolute Gasteiger partial charge is 0.458 e. The van der Waals surface area contributed by atoms with Gasteiger partial charge in [-0.25, -0.2) is 0 Å². The second kappa shape index (κ2) is 8.18.